The summed E-state index contributed by atoms with van der Waals surface area (Å²) in [5.41, 5.74) is 3.47. The van der Waals surface area contributed by atoms with Crippen molar-refractivity contribution in [3.8, 4) is 0 Å². The molecule has 0 aliphatic rings. The summed E-state index contributed by atoms with van der Waals surface area (Å²) in [5, 5.41) is 3.37. The first kappa shape index (κ1) is 18.0. The molecule has 0 bridgehead atoms. The zero-order valence-corrected chi connectivity index (χ0v) is 14.9. The summed E-state index contributed by atoms with van der Waals surface area (Å²) in [6.07, 6.45) is 5.23. The molecule has 2 rings (SSSR count). The number of pyridine rings is 1. The molecule has 1 aromatic heterocycles. The number of benzene rings is 1. The third kappa shape index (κ3) is 4.82. The average molecular weight is 325 g/mol. The Morgan fingerprint density at radius 3 is 2.71 bits per heavy atom. The highest BCUT2D eigenvalue weighted by Gasteiger charge is 2.17. The number of carbonyl (C=O) groups is 1. The number of hydrogen-bond acceptors (Lipinski definition) is 3. The van der Waals surface area contributed by atoms with Crippen LogP contribution in [-0.2, 0) is 0 Å². The van der Waals surface area contributed by atoms with Gasteiger partial charge in [0.1, 0.15) is 5.69 Å². The van der Waals surface area contributed by atoms with E-state index < -0.39 is 0 Å². The lowest BCUT2D eigenvalue weighted by Crippen LogP contribution is -2.31. The number of hydrogen-bond donors (Lipinski definition) is 1. The zero-order chi connectivity index (χ0) is 17.4. The molecule has 0 radical (unpaired) electrons. The monoisotopic (exact) mass is 325 g/mol. The number of nitrogens with one attached hydrogen (secondary N) is 1. The van der Waals surface area contributed by atoms with Crippen LogP contribution in [0.2, 0.25) is 0 Å². The third-order valence-corrected chi connectivity index (χ3v) is 3.96. The molecule has 1 aromatic carbocycles. The first-order chi connectivity index (χ1) is 11.7. The molecule has 0 aliphatic carbocycles. The fourth-order valence-corrected chi connectivity index (χ4v) is 2.64. The maximum absolute atomic E-state index is 12.9. The molecule has 0 atom stereocenters. The van der Waals surface area contributed by atoms with Gasteiger partial charge in [-0.05, 0) is 50.1 Å². The second kappa shape index (κ2) is 9.06. The highest BCUT2D eigenvalue weighted by molar-refractivity contribution is 6.05. The van der Waals surface area contributed by atoms with E-state index in [2.05, 4.69) is 17.2 Å². The van der Waals surface area contributed by atoms with Crippen molar-refractivity contribution in [3.63, 3.8) is 0 Å². The summed E-state index contributed by atoms with van der Waals surface area (Å²) in [4.78, 5) is 18.9. The van der Waals surface area contributed by atoms with Crippen molar-refractivity contribution in [3.05, 3.63) is 53.9 Å². The third-order valence-electron chi connectivity index (χ3n) is 3.96. The van der Waals surface area contributed by atoms with Crippen LogP contribution in [0.25, 0.3) is 0 Å². The van der Waals surface area contributed by atoms with Crippen LogP contribution < -0.4 is 10.2 Å². The summed E-state index contributed by atoms with van der Waals surface area (Å²) in [5.74, 6) is -0.0692. The van der Waals surface area contributed by atoms with Crippen molar-refractivity contribution >= 4 is 17.3 Å². The van der Waals surface area contributed by atoms with Crippen molar-refractivity contribution in [2.24, 2.45) is 0 Å². The fraction of sp³-hybridized carbons (Fsp3) is 0.400. The lowest BCUT2D eigenvalue weighted by atomic mass is 10.2. The van der Waals surface area contributed by atoms with Gasteiger partial charge in [0, 0.05) is 30.7 Å². The molecule has 4 nitrogen and oxygen atoms in total. The van der Waals surface area contributed by atoms with E-state index in [-0.39, 0.29) is 5.91 Å². The van der Waals surface area contributed by atoms with Gasteiger partial charge in [0.2, 0.25) is 0 Å². The Morgan fingerprint density at radius 1 is 1.17 bits per heavy atom. The topological polar surface area (TPSA) is 45.2 Å². The maximum atomic E-state index is 12.9. The summed E-state index contributed by atoms with van der Waals surface area (Å²) in [6.45, 7) is 7.72. The fourth-order valence-electron chi connectivity index (χ4n) is 2.64. The molecule has 1 N–H and O–H groups in total. The van der Waals surface area contributed by atoms with Crippen LogP contribution in [0.15, 0.2) is 42.6 Å². The zero-order valence-electron chi connectivity index (χ0n) is 14.9. The van der Waals surface area contributed by atoms with E-state index in [9.17, 15) is 4.79 Å². The summed E-state index contributed by atoms with van der Waals surface area (Å²) < 4.78 is 0. The number of carbonyl (C=O) groups excluding carboxylic acids is 1. The van der Waals surface area contributed by atoms with E-state index in [0.717, 1.165) is 29.9 Å². The lowest BCUT2D eigenvalue weighted by Gasteiger charge is -2.21. The first-order valence-electron chi connectivity index (χ1n) is 8.74. The van der Waals surface area contributed by atoms with Crippen LogP contribution in [-0.4, -0.2) is 24.0 Å². The minimum Gasteiger partial charge on any atom is -0.385 e. The Morgan fingerprint density at radius 2 is 2.00 bits per heavy atom. The summed E-state index contributed by atoms with van der Waals surface area (Å²) >= 11 is 0. The van der Waals surface area contributed by atoms with E-state index >= 15 is 0 Å². The van der Waals surface area contributed by atoms with Crippen molar-refractivity contribution in [2.45, 2.75) is 40.0 Å². The molecule has 0 aliphatic heterocycles. The molecule has 4 heteroatoms. The predicted molar refractivity (Wildman–Crippen MR) is 101 cm³/mol. The largest absolute Gasteiger partial charge is 0.385 e. The van der Waals surface area contributed by atoms with Crippen LogP contribution in [0, 0.1) is 6.92 Å². The average Bonchev–Trinajstić information content (AvgIpc) is 2.60. The normalized spacial score (nSPS) is 10.5. The Balaban J connectivity index is 2.12. The molecule has 0 fully saturated rings. The van der Waals surface area contributed by atoms with Crippen LogP contribution in [0.5, 0.6) is 0 Å². The first-order valence-corrected chi connectivity index (χ1v) is 8.74. The standard InChI is InChI=1S/C20H27N3O/c1-4-6-7-12-21-17-11-13-22-19(15-17)20(24)23(5-2)18-10-8-9-16(3)14-18/h8-11,13-15H,4-7,12H2,1-3H3,(H,21,22). The van der Waals surface area contributed by atoms with Gasteiger partial charge in [0.15, 0.2) is 0 Å². The van der Waals surface area contributed by atoms with E-state index in [1.807, 2.05) is 50.2 Å². The molecule has 0 spiro atoms. The van der Waals surface area contributed by atoms with Crippen molar-refractivity contribution in [2.75, 3.05) is 23.3 Å². The van der Waals surface area contributed by atoms with Crippen LogP contribution >= 0.6 is 0 Å². The van der Waals surface area contributed by atoms with Gasteiger partial charge >= 0.3 is 0 Å². The Kier molecular flexibility index (Phi) is 6.79. The smallest absolute Gasteiger partial charge is 0.276 e. The van der Waals surface area contributed by atoms with Crippen molar-refractivity contribution in [1.29, 1.82) is 0 Å². The van der Waals surface area contributed by atoms with Gasteiger partial charge in [0.25, 0.3) is 5.91 Å². The van der Waals surface area contributed by atoms with Crippen molar-refractivity contribution < 1.29 is 4.79 Å². The molecule has 1 amide bonds. The Bertz CT molecular complexity index is 669. The summed E-state index contributed by atoms with van der Waals surface area (Å²) in [7, 11) is 0. The van der Waals surface area contributed by atoms with Crippen LogP contribution in [0.3, 0.4) is 0 Å². The molecular formula is C20H27N3O. The van der Waals surface area contributed by atoms with E-state index in [1.165, 1.54) is 12.8 Å². The number of aryl methyl sites for hydroxylation is 1. The number of aromatic nitrogens is 1. The minimum atomic E-state index is -0.0692. The van der Waals surface area contributed by atoms with E-state index in [4.69, 9.17) is 0 Å². The maximum Gasteiger partial charge on any atom is 0.276 e. The van der Waals surface area contributed by atoms with Gasteiger partial charge in [-0.2, -0.15) is 0 Å². The minimum absolute atomic E-state index is 0.0692. The van der Waals surface area contributed by atoms with Gasteiger partial charge in [0.05, 0.1) is 0 Å². The molecule has 24 heavy (non-hydrogen) atoms. The lowest BCUT2D eigenvalue weighted by molar-refractivity contribution is 0.0983. The second-order valence-electron chi connectivity index (χ2n) is 5.95. The molecule has 0 saturated heterocycles. The van der Waals surface area contributed by atoms with E-state index in [1.54, 1.807) is 11.1 Å². The van der Waals surface area contributed by atoms with Gasteiger partial charge in [-0.3, -0.25) is 9.78 Å². The number of anilines is 2. The number of unbranched alkanes of at least 4 members (excludes halogenated alkanes) is 2. The van der Waals surface area contributed by atoms with Gasteiger partial charge in [-0.1, -0.05) is 31.9 Å². The Hall–Kier alpha value is -2.36. The highest BCUT2D eigenvalue weighted by Crippen LogP contribution is 2.19. The molecule has 128 valence electrons. The van der Waals surface area contributed by atoms with Gasteiger partial charge in [-0.25, -0.2) is 0 Å². The van der Waals surface area contributed by atoms with Crippen LogP contribution in [0.4, 0.5) is 11.4 Å². The number of amides is 1. The molecule has 1 heterocycles. The van der Waals surface area contributed by atoms with Crippen LogP contribution in [0.1, 0.15) is 49.2 Å². The highest BCUT2D eigenvalue weighted by atomic mass is 16.2. The molecule has 2 aromatic rings. The quantitative estimate of drug-likeness (QED) is 0.718. The second-order valence-corrected chi connectivity index (χ2v) is 5.95. The molecular weight excluding hydrogens is 298 g/mol. The summed E-state index contributed by atoms with van der Waals surface area (Å²) in [6, 6.07) is 11.7. The van der Waals surface area contributed by atoms with Crippen molar-refractivity contribution in [1.82, 2.24) is 4.98 Å². The molecule has 0 unspecified atom stereocenters. The van der Waals surface area contributed by atoms with Gasteiger partial charge in [-0.15, -0.1) is 0 Å². The molecule has 0 saturated carbocycles. The Labute approximate surface area is 144 Å². The van der Waals surface area contributed by atoms with Gasteiger partial charge < -0.3 is 10.2 Å². The number of nitrogens with zero attached hydrogens (tertiary/aromatic N) is 2. The predicted octanol–water partition coefficient (Wildman–Crippen LogP) is 4.66. The number of rotatable bonds is 8. The SMILES string of the molecule is CCCCCNc1ccnc(C(=O)N(CC)c2cccc(C)c2)c1. The van der Waals surface area contributed by atoms with E-state index in [0.29, 0.717) is 12.2 Å².